The number of pyridine rings is 1. The number of halogens is 1. The maximum absolute atomic E-state index is 12.5. The summed E-state index contributed by atoms with van der Waals surface area (Å²) in [6.45, 7) is 3.72. The highest BCUT2D eigenvalue weighted by Gasteiger charge is 2.16. The number of furan rings is 1. The number of hydrogen-bond donors (Lipinski definition) is 0. The van der Waals surface area contributed by atoms with Gasteiger partial charge in [-0.3, -0.25) is 9.78 Å². The molecule has 0 amide bonds. The van der Waals surface area contributed by atoms with E-state index in [2.05, 4.69) is 4.98 Å². The van der Waals surface area contributed by atoms with E-state index in [0.29, 0.717) is 16.2 Å². The molecule has 0 bridgehead atoms. The number of hydrogen-bond acceptors (Lipinski definition) is 3. The number of aromatic nitrogens is 1. The van der Waals surface area contributed by atoms with Crippen molar-refractivity contribution < 1.29 is 9.21 Å². The average molecular weight is 286 g/mol. The van der Waals surface area contributed by atoms with Crippen LogP contribution in [0.2, 0.25) is 5.02 Å². The number of para-hydroxylation sites is 1. The van der Waals surface area contributed by atoms with Crippen LogP contribution in [0.4, 0.5) is 0 Å². The van der Waals surface area contributed by atoms with Gasteiger partial charge in [0.25, 0.3) is 0 Å². The van der Waals surface area contributed by atoms with E-state index in [1.807, 2.05) is 26.0 Å². The summed E-state index contributed by atoms with van der Waals surface area (Å²) in [6, 6.07) is 10.7. The molecule has 1 aromatic carbocycles. The molecule has 0 aliphatic rings. The third-order valence-electron chi connectivity index (χ3n) is 3.06. The normalized spacial score (nSPS) is 10.9. The van der Waals surface area contributed by atoms with E-state index in [9.17, 15) is 4.79 Å². The number of aryl methyl sites for hydroxylation is 2. The zero-order valence-electron chi connectivity index (χ0n) is 11.1. The molecule has 0 saturated heterocycles. The summed E-state index contributed by atoms with van der Waals surface area (Å²) in [4.78, 5) is 16.7. The SMILES string of the molecule is Cc1cc(C(=O)c2cc3cccc(Cl)c3o2)cc(C)n1. The molecule has 2 aromatic heterocycles. The molecule has 0 N–H and O–H groups in total. The molecule has 20 heavy (non-hydrogen) atoms. The van der Waals surface area contributed by atoms with Gasteiger partial charge in [0.1, 0.15) is 0 Å². The molecule has 0 spiro atoms. The fourth-order valence-corrected chi connectivity index (χ4v) is 2.47. The Kier molecular flexibility index (Phi) is 3.07. The van der Waals surface area contributed by atoms with Gasteiger partial charge in [0.2, 0.25) is 5.78 Å². The summed E-state index contributed by atoms with van der Waals surface area (Å²) in [5.74, 6) is 0.129. The van der Waals surface area contributed by atoms with Crippen LogP contribution in [0.1, 0.15) is 27.5 Å². The Labute approximate surface area is 121 Å². The monoisotopic (exact) mass is 285 g/mol. The van der Waals surface area contributed by atoms with Crippen molar-refractivity contribution in [1.29, 1.82) is 0 Å². The molecule has 0 radical (unpaired) electrons. The van der Waals surface area contributed by atoms with E-state index in [0.717, 1.165) is 16.8 Å². The Hall–Kier alpha value is -2.13. The molecule has 0 unspecified atom stereocenters. The molecule has 0 saturated carbocycles. The van der Waals surface area contributed by atoms with Gasteiger partial charge in [0.15, 0.2) is 11.3 Å². The Morgan fingerprint density at radius 2 is 1.85 bits per heavy atom. The third kappa shape index (κ3) is 2.21. The summed E-state index contributed by atoms with van der Waals surface area (Å²) in [5, 5.41) is 1.33. The molecule has 3 rings (SSSR count). The van der Waals surface area contributed by atoms with Gasteiger partial charge < -0.3 is 4.42 Å². The van der Waals surface area contributed by atoms with Crippen molar-refractivity contribution in [1.82, 2.24) is 4.98 Å². The van der Waals surface area contributed by atoms with Gasteiger partial charge in [-0.15, -0.1) is 0 Å². The largest absolute Gasteiger partial charge is 0.451 e. The molecule has 0 aliphatic heterocycles. The van der Waals surface area contributed by atoms with Gasteiger partial charge in [-0.1, -0.05) is 23.7 Å². The summed E-state index contributed by atoms with van der Waals surface area (Å²) < 4.78 is 5.59. The lowest BCUT2D eigenvalue weighted by molar-refractivity contribution is 0.101. The molecule has 0 fully saturated rings. The van der Waals surface area contributed by atoms with E-state index in [4.69, 9.17) is 16.0 Å². The minimum Gasteiger partial charge on any atom is -0.451 e. The first-order chi connectivity index (χ1) is 9.54. The molecule has 2 heterocycles. The lowest BCUT2D eigenvalue weighted by Crippen LogP contribution is -2.02. The van der Waals surface area contributed by atoms with Crippen molar-refractivity contribution in [3.8, 4) is 0 Å². The van der Waals surface area contributed by atoms with Crippen LogP contribution in [-0.2, 0) is 0 Å². The molecular formula is C16H12ClNO2. The Morgan fingerprint density at radius 3 is 2.50 bits per heavy atom. The number of rotatable bonds is 2. The van der Waals surface area contributed by atoms with Gasteiger partial charge in [0.05, 0.1) is 5.02 Å². The molecule has 3 aromatic rings. The summed E-state index contributed by atoms with van der Waals surface area (Å²) >= 11 is 6.06. The van der Waals surface area contributed by atoms with Crippen molar-refractivity contribution >= 4 is 28.4 Å². The lowest BCUT2D eigenvalue weighted by atomic mass is 10.1. The quantitative estimate of drug-likeness (QED) is 0.658. The van der Waals surface area contributed by atoms with E-state index < -0.39 is 0 Å². The zero-order chi connectivity index (χ0) is 14.3. The highest BCUT2D eigenvalue weighted by molar-refractivity contribution is 6.35. The van der Waals surface area contributed by atoms with Crippen LogP contribution in [0.15, 0.2) is 40.8 Å². The first kappa shape index (κ1) is 12.9. The fraction of sp³-hybridized carbons (Fsp3) is 0.125. The second kappa shape index (κ2) is 4.76. The number of carbonyl (C=O) groups excluding carboxylic acids is 1. The van der Waals surface area contributed by atoms with Gasteiger partial charge >= 0.3 is 0 Å². The van der Waals surface area contributed by atoms with Crippen LogP contribution in [0.5, 0.6) is 0 Å². The van der Waals surface area contributed by atoms with Crippen LogP contribution in [0, 0.1) is 13.8 Å². The number of ketones is 1. The molecule has 4 heteroatoms. The molecular weight excluding hydrogens is 274 g/mol. The van der Waals surface area contributed by atoms with E-state index in [-0.39, 0.29) is 11.5 Å². The van der Waals surface area contributed by atoms with Gasteiger partial charge in [-0.05, 0) is 38.1 Å². The molecule has 0 aliphatic carbocycles. The van der Waals surface area contributed by atoms with E-state index in [1.165, 1.54) is 0 Å². The van der Waals surface area contributed by atoms with Crippen LogP contribution in [0.3, 0.4) is 0 Å². The number of fused-ring (bicyclic) bond motifs is 1. The molecule has 0 atom stereocenters. The zero-order valence-corrected chi connectivity index (χ0v) is 11.9. The highest BCUT2D eigenvalue weighted by Crippen LogP contribution is 2.27. The predicted octanol–water partition coefficient (Wildman–Crippen LogP) is 4.33. The smallest absolute Gasteiger partial charge is 0.228 e. The van der Waals surface area contributed by atoms with Crippen molar-refractivity contribution in [3.63, 3.8) is 0 Å². The van der Waals surface area contributed by atoms with Crippen molar-refractivity contribution in [3.05, 3.63) is 64.1 Å². The van der Waals surface area contributed by atoms with E-state index >= 15 is 0 Å². The number of benzene rings is 1. The van der Waals surface area contributed by atoms with Crippen molar-refractivity contribution in [2.45, 2.75) is 13.8 Å². The van der Waals surface area contributed by atoms with Crippen LogP contribution in [-0.4, -0.2) is 10.8 Å². The van der Waals surface area contributed by atoms with Crippen molar-refractivity contribution in [2.75, 3.05) is 0 Å². The lowest BCUT2D eigenvalue weighted by Gasteiger charge is -2.01. The van der Waals surface area contributed by atoms with Crippen molar-refractivity contribution in [2.24, 2.45) is 0 Å². The Bertz CT molecular complexity index is 800. The highest BCUT2D eigenvalue weighted by atomic mass is 35.5. The summed E-state index contributed by atoms with van der Waals surface area (Å²) in [5.41, 5.74) is 2.73. The van der Waals surface area contributed by atoms with Crippen LogP contribution < -0.4 is 0 Å². The van der Waals surface area contributed by atoms with Gasteiger partial charge in [-0.2, -0.15) is 0 Å². The second-order valence-electron chi connectivity index (χ2n) is 4.74. The minimum atomic E-state index is -0.161. The summed E-state index contributed by atoms with van der Waals surface area (Å²) in [6.07, 6.45) is 0. The predicted molar refractivity (Wildman–Crippen MR) is 78.4 cm³/mol. The first-order valence-electron chi connectivity index (χ1n) is 6.22. The fourth-order valence-electron chi connectivity index (χ4n) is 2.25. The topological polar surface area (TPSA) is 43.1 Å². The maximum Gasteiger partial charge on any atom is 0.228 e. The summed E-state index contributed by atoms with van der Waals surface area (Å²) in [7, 11) is 0. The van der Waals surface area contributed by atoms with Crippen LogP contribution in [0.25, 0.3) is 11.0 Å². The number of nitrogens with zero attached hydrogens (tertiary/aromatic N) is 1. The maximum atomic E-state index is 12.5. The van der Waals surface area contributed by atoms with Gasteiger partial charge in [-0.25, -0.2) is 0 Å². The standard InChI is InChI=1S/C16H12ClNO2/c1-9-6-12(7-10(2)18-9)15(19)14-8-11-4-3-5-13(17)16(11)20-14/h3-8H,1-2H3. The average Bonchev–Trinajstić information content (AvgIpc) is 2.82. The first-order valence-corrected chi connectivity index (χ1v) is 6.60. The third-order valence-corrected chi connectivity index (χ3v) is 3.36. The molecule has 100 valence electrons. The Morgan fingerprint density at radius 1 is 1.15 bits per heavy atom. The minimum absolute atomic E-state index is 0.161. The Balaban J connectivity index is 2.10. The van der Waals surface area contributed by atoms with Crippen LogP contribution >= 0.6 is 11.6 Å². The van der Waals surface area contributed by atoms with E-state index in [1.54, 1.807) is 24.3 Å². The molecule has 3 nitrogen and oxygen atoms in total. The number of carbonyl (C=O) groups is 1. The second-order valence-corrected chi connectivity index (χ2v) is 5.14. The van der Waals surface area contributed by atoms with Gasteiger partial charge in [0, 0.05) is 22.3 Å².